The Bertz CT molecular complexity index is 2160. The molecule has 0 spiro atoms. The summed E-state index contributed by atoms with van der Waals surface area (Å²) in [4.78, 5) is 3.74. The molecule has 1 N–H and O–H groups in total. The second kappa shape index (κ2) is 10.3. The standard InChI is InChI=1S/C36H27N.C5H10/c1-21-13-14-25(28-10-6-11-30-29-9-3-4-12-33(29)37-36(28)30)19-31(21)32-20-26-16-15-23-7-5-8-24-17-18-27(22(32)2)35(26)34(23)24;1-4-5(2)3/h4-8,10-20,37H,3,9H2,1-2H3;4H,1-3H3. The van der Waals surface area contributed by atoms with Crippen molar-refractivity contribution in [1.29, 1.82) is 0 Å². The van der Waals surface area contributed by atoms with Gasteiger partial charge in [-0.05, 0) is 131 Å². The quantitative estimate of drug-likeness (QED) is 0.165. The SMILES string of the molecule is CC=C(C)C.Cc1ccc(-c2cccc3c4c([nH]c23)C=CCC4)cc1-c1cc2ccc3cccc4ccc(c1C)c2c34. The Kier molecular flexibility index (Phi) is 6.47. The number of hydrogen-bond donors (Lipinski definition) is 1. The van der Waals surface area contributed by atoms with Crippen LogP contribution < -0.4 is 0 Å². The third-order valence-electron chi connectivity index (χ3n) is 9.15. The highest BCUT2D eigenvalue weighted by molar-refractivity contribution is 6.24. The number of aromatic amines is 1. The van der Waals surface area contributed by atoms with Gasteiger partial charge in [-0.2, -0.15) is 0 Å². The van der Waals surface area contributed by atoms with Crippen LogP contribution in [0.5, 0.6) is 0 Å². The number of benzene rings is 6. The van der Waals surface area contributed by atoms with Crippen LogP contribution >= 0.6 is 0 Å². The van der Waals surface area contributed by atoms with Crippen molar-refractivity contribution >= 4 is 49.3 Å². The predicted molar refractivity (Wildman–Crippen MR) is 185 cm³/mol. The molecule has 8 rings (SSSR count). The first-order valence-electron chi connectivity index (χ1n) is 15.1. The molecule has 0 atom stereocenters. The van der Waals surface area contributed by atoms with Gasteiger partial charge in [0.2, 0.25) is 0 Å². The first-order valence-corrected chi connectivity index (χ1v) is 15.1. The van der Waals surface area contributed by atoms with Gasteiger partial charge in [0.05, 0.1) is 5.52 Å². The van der Waals surface area contributed by atoms with E-state index in [1.165, 1.54) is 93.4 Å². The molecule has 1 heteroatoms. The molecule has 1 aliphatic carbocycles. The van der Waals surface area contributed by atoms with Crippen molar-refractivity contribution in [3.05, 3.63) is 125 Å². The zero-order chi connectivity index (χ0) is 29.0. The second-order valence-corrected chi connectivity index (χ2v) is 12.0. The minimum atomic E-state index is 1.11. The lowest BCUT2D eigenvalue weighted by Gasteiger charge is -2.18. The Labute approximate surface area is 248 Å². The molecule has 1 aromatic heterocycles. The summed E-state index contributed by atoms with van der Waals surface area (Å²) in [6.07, 6.45) is 8.83. The topological polar surface area (TPSA) is 15.8 Å². The lowest BCUT2D eigenvalue weighted by Crippen LogP contribution is -1.93. The molecule has 42 heavy (non-hydrogen) atoms. The molecular weight excluding hydrogens is 506 g/mol. The molecule has 0 saturated carbocycles. The van der Waals surface area contributed by atoms with E-state index in [0.717, 1.165) is 12.8 Å². The number of nitrogens with one attached hydrogen (secondary N) is 1. The zero-order valence-corrected chi connectivity index (χ0v) is 25.2. The third-order valence-corrected chi connectivity index (χ3v) is 9.15. The highest BCUT2D eigenvalue weighted by Crippen LogP contribution is 2.42. The lowest BCUT2D eigenvalue weighted by molar-refractivity contribution is 0.992. The first-order chi connectivity index (χ1) is 20.4. The van der Waals surface area contributed by atoms with Gasteiger partial charge in [-0.15, -0.1) is 0 Å². The van der Waals surface area contributed by atoms with Gasteiger partial charge in [0, 0.05) is 16.6 Å². The molecule has 0 amide bonds. The van der Waals surface area contributed by atoms with Crippen LogP contribution in [0.2, 0.25) is 0 Å². The number of hydrogen-bond acceptors (Lipinski definition) is 0. The minimum absolute atomic E-state index is 1.11. The van der Waals surface area contributed by atoms with E-state index < -0.39 is 0 Å². The first kappa shape index (κ1) is 26.3. The van der Waals surface area contributed by atoms with Crippen molar-refractivity contribution in [2.45, 2.75) is 47.5 Å². The number of rotatable bonds is 2. The molecule has 0 bridgehead atoms. The van der Waals surface area contributed by atoms with Gasteiger partial charge in [-0.3, -0.25) is 0 Å². The minimum Gasteiger partial charge on any atom is -0.354 e. The van der Waals surface area contributed by atoms with Crippen LogP contribution in [0.25, 0.3) is 71.6 Å². The summed E-state index contributed by atoms with van der Waals surface area (Å²) in [5.41, 5.74) is 13.2. The molecule has 1 heterocycles. The molecule has 0 fully saturated rings. The van der Waals surface area contributed by atoms with Crippen LogP contribution in [-0.2, 0) is 6.42 Å². The van der Waals surface area contributed by atoms with E-state index in [1.807, 2.05) is 6.92 Å². The Morgan fingerprint density at radius 2 is 1.45 bits per heavy atom. The van der Waals surface area contributed by atoms with E-state index in [2.05, 4.69) is 136 Å². The lowest BCUT2D eigenvalue weighted by atomic mass is 9.86. The van der Waals surface area contributed by atoms with Crippen molar-refractivity contribution in [3.8, 4) is 22.3 Å². The zero-order valence-electron chi connectivity index (χ0n) is 25.2. The van der Waals surface area contributed by atoms with Crippen LogP contribution in [0.3, 0.4) is 0 Å². The average molecular weight is 544 g/mol. The summed E-state index contributed by atoms with van der Waals surface area (Å²) >= 11 is 0. The monoisotopic (exact) mass is 543 g/mol. The van der Waals surface area contributed by atoms with E-state index in [9.17, 15) is 0 Å². The van der Waals surface area contributed by atoms with Crippen LogP contribution in [-0.4, -0.2) is 4.98 Å². The molecular formula is C41H37N. The summed E-state index contributed by atoms with van der Waals surface area (Å²) in [7, 11) is 0. The van der Waals surface area contributed by atoms with Gasteiger partial charge in [0.25, 0.3) is 0 Å². The number of para-hydroxylation sites is 1. The molecule has 0 unspecified atom stereocenters. The maximum Gasteiger partial charge on any atom is 0.0541 e. The van der Waals surface area contributed by atoms with E-state index in [-0.39, 0.29) is 0 Å². The Morgan fingerprint density at radius 1 is 0.714 bits per heavy atom. The summed E-state index contributed by atoms with van der Waals surface area (Å²) in [6, 6.07) is 31.9. The second-order valence-electron chi connectivity index (χ2n) is 12.0. The van der Waals surface area contributed by atoms with Crippen molar-refractivity contribution in [2.75, 3.05) is 0 Å². The fourth-order valence-corrected chi connectivity index (χ4v) is 6.68. The van der Waals surface area contributed by atoms with Crippen LogP contribution in [0, 0.1) is 13.8 Å². The highest BCUT2D eigenvalue weighted by Gasteiger charge is 2.18. The predicted octanol–water partition coefficient (Wildman–Crippen LogP) is 11.9. The molecule has 7 aromatic rings. The van der Waals surface area contributed by atoms with Crippen LogP contribution in [0.4, 0.5) is 0 Å². The van der Waals surface area contributed by atoms with E-state index in [0.29, 0.717) is 0 Å². The maximum absolute atomic E-state index is 3.74. The highest BCUT2D eigenvalue weighted by atomic mass is 14.7. The third kappa shape index (κ3) is 4.23. The molecule has 1 nitrogen and oxygen atoms in total. The van der Waals surface area contributed by atoms with Gasteiger partial charge in [-0.25, -0.2) is 0 Å². The maximum atomic E-state index is 3.74. The Balaban J connectivity index is 0.000000534. The Morgan fingerprint density at radius 3 is 2.24 bits per heavy atom. The molecule has 0 saturated heterocycles. The molecule has 206 valence electrons. The summed E-state index contributed by atoms with van der Waals surface area (Å²) < 4.78 is 0. The molecule has 0 aliphatic heterocycles. The molecule has 1 aliphatic rings. The van der Waals surface area contributed by atoms with E-state index in [1.54, 1.807) is 0 Å². The van der Waals surface area contributed by atoms with Crippen LogP contribution in [0.15, 0.2) is 103 Å². The normalized spacial score (nSPS) is 12.6. The van der Waals surface area contributed by atoms with Crippen molar-refractivity contribution in [1.82, 2.24) is 4.98 Å². The van der Waals surface area contributed by atoms with Gasteiger partial charge < -0.3 is 4.98 Å². The van der Waals surface area contributed by atoms with Crippen LogP contribution in [0.1, 0.15) is 49.6 Å². The van der Waals surface area contributed by atoms with Gasteiger partial charge in [-0.1, -0.05) is 90.5 Å². The van der Waals surface area contributed by atoms with Crippen molar-refractivity contribution in [2.24, 2.45) is 0 Å². The number of aryl methyl sites for hydroxylation is 3. The average Bonchev–Trinajstić information content (AvgIpc) is 3.40. The summed E-state index contributed by atoms with van der Waals surface area (Å²) in [5.74, 6) is 0. The molecule has 6 aromatic carbocycles. The van der Waals surface area contributed by atoms with E-state index >= 15 is 0 Å². The van der Waals surface area contributed by atoms with Gasteiger partial charge in [0.1, 0.15) is 0 Å². The van der Waals surface area contributed by atoms with Gasteiger partial charge in [0.15, 0.2) is 0 Å². The largest absolute Gasteiger partial charge is 0.354 e. The van der Waals surface area contributed by atoms with Crippen molar-refractivity contribution < 1.29 is 0 Å². The van der Waals surface area contributed by atoms with Crippen molar-refractivity contribution in [3.63, 3.8) is 0 Å². The smallest absolute Gasteiger partial charge is 0.0541 e. The van der Waals surface area contributed by atoms with E-state index in [4.69, 9.17) is 0 Å². The van der Waals surface area contributed by atoms with Gasteiger partial charge >= 0.3 is 0 Å². The Hall–Kier alpha value is -4.62. The fraction of sp³-hybridized carbons (Fsp3) is 0.171. The summed E-state index contributed by atoms with van der Waals surface area (Å²) in [5, 5.41) is 9.44. The fourth-order valence-electron chi connectivity index (χ4n) is 6.68. The number of fused-ring (bicyclic) bond motifs is 3. The number of aromatic nitrogens is 1. The number of allylic oxidation sites excluding steroid dienone is 3. The summed E-state index contributed by atoms with van der Waals surface area (Å²) in [6.45, 7) is 10.7. The number of H-pyrrole nitrogens is 1. The molecule has 0 radical (unpaired) electrons.